The number of imidazole rings is 1. The Hall–Kier alpha value is -1.23. The first kappa shape index (κ1) is 8.37. The van der Waals surface area contributed by atoms with Gasteiger partial charge in [0, 0.05) is 37.0 Å². The summed E-state index contributed by atoms with van der Waals surface area (Å²) in [5.41, 5.74) is 1.21. The van der Waals surface area contributed by atoms with Gasteiger partial charge in [-0.05, 0) is 0 Å². The molecule has 13 heavy (non-hydrogen) atoms. The first-order valence-electron chi connectivity index (χ1n) is 3.94. The fourth-order valence-corrected chi connectivity index (χ4v) is 1.77. The average Bonchev–Trinajstić information content (AvgIpc) is 2.71. The monoisotopic (exact) mass is 194 g/mol. The SMILES string of the molecule is Cn1cc(CSc2ncc[nH]2)cn1. The lowest BCUT2D eigenvalue weighted by Crippen LogP contribution is -1.84. The van der Waals surface area contributed by atoms with Crippen LogP contribution in [-0.4, -0.2) is 19.7 Å². The number of aromatic nitrogens is 4. The molecule has 0 atom stereocenters. The van der Waals surface area contributed by atoms with Gasteiger partial charge in [-0.15, -0.1) is 0 Å². The molecule has 2 aromatic heterocycles. The predicted molar refractivity (Wildman–Crippen MR) is 51.4 cm³/mol. The molecular formula is C8H10N4S. The Labute approximate surface area is 80.4 Å². The Morgan fingerprint density at radius 2 is 2.54 bits per heavy atom. The standard InChI is InChI=1S/C8H10N4S/c1-12-5-7(4-11-12)6-13-8-9-2-3-10-8/h2-5H,6H2,1H3,(H,9,10). The van der Waals surface area contributed by atoms with Gasteiger partial charge < -0.3 is 4.98 Å². The number of aromatic amines is 1. The number of rotatable bonds is 3. The molecule has 0 unspecified atom stereocenters. The maximum absolute atomic E-state index is 4.12. The van der Waals surface area contributed by atoms with Crippen molar-refractivity contribution >= 4 is 11.8 Å². The van der Waals surface area contributed by atoms with Crippen molar-refractivity contribution in [1.29, 1.82) is 0 Å². The van der Waals surface area contributed by atoms with Gasteiger partial charge in [0.15, 0.2) is 5.16 Å². The summed E-state index contributed by atoms with van der Waals surface area (Å²) < 4.78 is 1.80. The summed E-state index contributed by atoms with van der Waals surface area (Å²) in [4.78, 5) is 7.16. The second kappa shape index (κ2) is 3.66. The van der Waals surface area contributed by atoms with Crippen molar-refractivity contribution in [2.75, 3.05) is 0 Å². The number of hydrogen-bond acceptors (Lipinski definition) is 3. The van der Waals surface area contributed by atoms with E-state index < -0.39 is 0 Å². The molecule has 0 fully saturated rings. The van der Waals surface area contributed by atoms with Gasteiger partial charge in [0.25, 0.3) is 0 Å². The Balaban J connectivity index is 1.93. The topological polar surface area (TPSA) is 46.5 Å². The van der Waals surface area contributed by atoms with E-state index in [-0.39, 0.29) is 0 Å². The Bertz CT molecular complexity index is 365. The Kier molecular flexibility index (Phi) is 2.35. The lowest BCUT2D eigenvalue weighted by atomic mass is 10.4. The summed E-state index contributed by atoms with van der Waals surface area (Å²) in [5, 5.41) is 5.04. The molecule has 1 N–H and O–H groups in total. The summed E-state index contributed by atoms with van der Waals surface area (Å²) in [6, 6.07) is 0. The highest BCUT2D eigenvalue weighted by Crippen LogP contribution is 2.17. The molecule has 0 aliphatic rings. The van der Waals surface area contributed by atoms with Crippen LogP contribution >= 0.6 is 11.8 Å². The third-order valence-corrected chi connectivity index (χ3v) is 2.58. The van der Waals surface area contributed by atoms with Crippen LogP contribution < -0.4 is 0 Å². The zero-order chi connectivity index (χ0) is 9.10. The van der Waals surface area contributed by atoms with Gasteiger partial charge in [-0.2, -0.15) is 5.10 Å². The van der Waals surface area contributed by atoms with Crippen molar-refractivity contribution in [3.63, 3.8) is 0 Å². The van der Waals surface area contributed by atoms with Gasteiger partial charge in [0.1, 0.15) is 0 Å². The molecule has 68 valence electrons. The van der Waals surface area contributed by atoms with Crippen LogP contribution in [0.2, 0.25) is 0 Å². The quantitative estimate of drug-likeness (QED) is 0.752. The fraction of sp³-hybridized carbons (Fsp3) is 0.250. The van der Waals surface area contributed by atoms with E-state index in [9.17, 15) is 0 Å². The zero-order valence-corrected chi connectivity index (χ0v) is 8.08. The largest absolute Gasteiger partial charge is 0.340 e. The lowest BCUT2D eigenvalue weighted by molar-refractivity contribution is 0.767. The van der Waals surface area contributed by atoms with Crippen LogP contribution in [0.4, 0.5) is 0 Å². The fourth-order valence-electron chi connectivity index (χ4n) is 1.03. The molecule has 2 heterocycles. The molecular weight excluding hydrogens is 184 g/mol. The van der Waals surface area contributed by atoms with E-state index in [2.05, 4.69) is 15.1 Å². The van der Waals surface area contributed by atoms with Crippen LogP contribution in [0.5, 0.6) is 0 Å². The second-order valence-corrected chi connectivity index (χ2v) is 3.67. The van der Waals surface area contributed by atoms with Crippen LogP contribution in [0.3, 0.4) is 0 Å². The van der Waals surface area contributed by atoms with Crippen LogP contribution in [0.25, 0.3) is 0 Å². The lowest BCUT2D eigenvalue weighted by Gasteiger charge is -1.92. The first-order chi connectivity index (χ1) is 6.34. The Morgan fingerprint density at radius 3 is 3.15 bits per heavy atom. The normalized spacial score (nSPS) is 10.5. The number of hydrogen-bond donors (Lipinski definition) is 1. The van der Waals surface area contributed by atoms with Crippen molar-refractivity contribution < 1.29 is 0 Å². The second-order valence-electron chi connectivity index (χ2n) is 2.71. The highest BCUT2D eigenvalue weighted by molar-refractivity contribution is 7.98. The number of H-pyrrole nitrogens is 1. The number of nitrogens with one attached hydrogen (secondary N) is 1. The van der Waals surface area contributed by atoms with Gasteiger partial charge in [-0.3, -0.25) is 4.68 Å². The maximum atomic E-state index is 4.12. The van der Waals surface area contributed by atoms with Crippen molar-refractivity contribution in [2.45, 2.75) is 10.9 Å². The molecule has 0 aromatic carbocycles. The maximum Gasteiger partial charge on any atom is 0.165 e. The van der Waals surface area contributed by atoms with Crippen LogP contribution in [0, 0.1) is 0 Å². The number of nitrogens with zero attached hydrogens (tertiary/aromatic N) is 3. The third-order valence-electron chi connectivity index (χ3n) is 1.61. The molecule has 2 rings (SSSR count). The highest BCUT2D eigenvalue weighted by atomic mass is 32.2. The molecule has 0 saturated carbocycles. The summed E-state index contributed by atoms with van der Waals surface area (Å²) in [7, 11) is 1.92. The van der Waals surface area contributed by atoms with Gasteiger partial charge in [0.05, 0.1) is 6.20 Å². The van der Waals surface area contributed by atoms with Gasteiger partial charge in [-0.25, -0.2) is 4.98 Å². The van der Waals surface area contributed by atoms with Crippen LogP contribution in [0.1, 0.15) is 5.56 Å². The molecule has 2 aromatic rings. The molecule has 0 radical (unpaired) electrons. The van der Waals surface area contributed by atoms with E-state index in [1.807, 2.05) is 25.6 Å². The van der Waals surface area contributed by atoms with Crippen molar-refractivity contribution in [3.05, 3.63) is 30.4 Å². The van der Waals surface area contributed by atoms with Crippen molar-refractivity contribution in [1.82, 2.24) is 19.7 Å². The molecule has 0 spiro atoms. The Morgan fingerprint density at radius 1 is 1.62 bits per heavy atom. The summed E-state index contributed by atoms with van der Waals surface area (Å²) in [6.07, 6.45) is 7.46. The minimum absolute atomic E-state index is 0.904. The zero-order valence-electron chi connectivity index (χ0n) is 7.27. The molecule has 0 saturated heterocycles. The van der Waals surface area contributed by atoms with Gasteiger partial charge in [0.2, 0.25) is 0 Å². The molecule has 0 bridgehead atoms. The van der Waals surface area contributed by atoms with Gasteiger partial charge >= 0.3 is 0 Å². The molecule has 0 aliphatic heterocycles. The number of aryl methyl sites for hydroxylation is 1. The number of thioether (sulfide) groups is 1. The van der Waals surface area contributed by atoms with Crippen LogP contribution in [-0.2, 0) is 12.8 Å². The molecule has 0 amide bonds. The predicted octanol–water partition coefficient (Wildman–Crippen LogP) is 1.44. The van der Waals surface area contributed by atoms with E-state index in [1.165, 1.54) is 5.56 Å². The highest BCUT2D eigenvalue weighted by Gasteiger charge is 1.99. The third kappa shape index (κ3) is 2.12. The minimum Gasteiger partial charge on any atom is -0.340 e. The van der Waals surface area contributed by atoms with Gasteiger partial charge in [-0.1, -0.05) is 11.8 Å². The molecule has 0 aliphatic carbocycles. The molecule has 5 heteroatoms. The van der Waals surface area contributed by atoms with E-state index in [0.29, 0.717) is 0 Å². The minimum atomic E-state index is 0.904. The van der Waals surface area contributed by atoms with Crippen molar-refractivity contribution in [3.8, 4) is 0 Å². The van der Waals surface area contributed by atoms with Crippen molar-refractivity contribution in [2.24, 2.45) is 7.05 Å². The smallest absolute Gasteiger partial charge is 0.165 e. The average molecular weight is 194 g/mol. The van der Waals surface area contributed by atoms with E-state index in [1.54, 1.807) is 22.6 Å². The summed E-state index contributed by atoms with van der Waals surface area (Å²) in [5.74, 6) is 0.904. The van der Waals surface area contributed by atoms with E-state index in [4.69, 9.17) is 0 Å². The van der Waals surface area contributed by atoms with E-state index in [0.717, 1.165) is 10.9 Å². The first-order valence-corrected chi connectivity index (χ1v) is 4.93. The van der Waals surface area contributed by atoms with E-state index >= 15 is 0 Å². The summed E-state index contributed by atoms with van der Waals surface area (Å²) in [6.45, 7) is 0. The van der Waals surface area contributed by atoms with Crippen LogP contribution in [0.15, 0.2) is 29.9 Å². The summed E-state index contributed by atoms with van der Waals surface area (Å²) >= 11 is 1.67. The molecule has 4 nitrogen and oxygen atoms in total.